The summed E-state index contributed by atoms with van der Waals surface area (Å²) in [5, 5.41) is 0. The fourth-order valence-electron chi connectivity index (χ4n) is 1.03. The lowest BCUT2D eigenvalue weighted by Gasteiger charge is -2.19. The summed E-state index contributed by atoms with van der Waals surface area (Å²) in [6.45, 7) is 8.53. The van der Waals surface area contributed by atoms with Crippen molar-refractivity contribution in [1.82, 2.24) is 0 Å². The summed E-state index contributed by atoms with van der Waals surface area (Å²) in [7, 11) is 0. The summed E-state index contributed by atoms with van der Waals surface area (Å²) in [5.41, 5.74) is 5.38. The van der Waals surface area contributed by atoms with Crippen LogP contribution in [-0.2, 0) is 14.3 Å². The van der Waals surface area contributed by atoms with Crippen LogP contribution < -0.4 is 5.73 Å². The van der Waals surface area contributed by atoms with Crippen molar-refractivity contribution in [2.75, 3.05) is 13.2 Å². The van der Waals surface area contributed by atoms with Gasteiger partial charge >= 0.3 is 5.97 Å². The minimum absolute atomic E-state index is 0.196. The fourth-order valence-corrected chi connectivity index (χ4v) is 1.03. The van der Waals surface area contributed by atoms with E-state index in [2.05, 4.69) is 0 Å². The molecule has 0 radical (unpaired) electrons. The third-order valence-corrected chi connectivity index (χ3v) is 1.77. The second kappa shape index (κ2) is 6.80. The number of ether oxygens (including phenoxy) is 2. The lowest BCUT2D eigenvalue weighted by molar-refractivity contribution is -0.148. The average molecular weight is 217 g/mol. The van der Waals surface area contributed by atoms with Gasteiger partial charge in [-0.25, -0.2) is 0 Å². The Morgan fingerprint density at radius 2 is 1.93 bits per heavy atom. The van der Waals surface area contributed by atoms with Crippen LogP contribution in [0, 0.1) is 0 Å². The van der Waals surface area contributed by atoms with Crippen LogP contribution in [0.1, 0.15) is 40.5 Å². The Bertz CT molecular complexity index is 187. The standard InChI is InChI=1S/C11H23NO3/c1-5-6-9(12)10(13)14-7-8-15-11(2,3)4/h9H,5-8,12H2,1-4H3. The molecular weight excluding hydrogens is 194 g/mol. The summed E-state index contributed by atoms with van der Waals surface area (Å²) in [6.07, 6.45) is 1.55. The van der Waals surface area contributed by atoms with Gasteiger partial charge in [0.2, 0.25) is 0 Å². The van der Waals surface area contributed by atoms with E-state index in [1.165, 1.54) is 0 Å². The topological polar surface area (TPSA) is 61.6 Å². The Morgan fingerprint density at radius 1 is 1.33 bits per heavy atom. The van der Waals surface area contributed by atoms with Crippen molar-refractivity contribution in [2.45, 2.75) is 52.2 Å². The van der Waals surface area contributed by atoms with Gasteiger partial charge in [-0.05, 0) is 27.2 Å². The summed E-state index contributed by atoms with van der Waals surface area (Å²) in [4.78, 5) is 11.3. The molecule has 0 aromatic rings. The highest BCUT2D eigenvalue weighted by Crippen LogP contribution is 2.05. The van der Waals surface area contributed by atoms with E-state index in [9.17, 15) is 4.79 Å². The van der Waals surface area contributed by atoms with Gasteiger partial charge < -0.3 is 15.2 Å². The first-order valence-electron chi connectivity index (χ1n) is 5.43. The van der Waals surface area contributed by atoms with E-state index < -0.39 is 6.04 Å². The van der Waals surface area contributed by atoms with Gasteiger partial charge in [0.05, 0.1) is 12.2 Å². The molecule has 0 saturated carbocycles. The van der Waals surface area contributed by atoms with Crippen molar-refractivity contribution in [3.63, 3.8) is 0 Å². The third kappa shape index (κ3) is 8.39. The first-order chi connectivity index (χ1) is 6.87. The molecule has 1 atom stereocenters. The molecule has 0 fully saturated rings. The van der Waals surface area contributed by atoms with Crippen molar-refractivity contribution in [2.24, 2.45) is 5.73 Å². The van der Waals surface area contributed by atoms with E-state index in [4.69, 9.17) is 15.2 Å². The molecule has 2 N–H and O–H groups in total. The van der Waals surface area contributed by atoms with Gasteiger partial charge in [-0.2, -0.15) is 0 Å². The molecular formula is C11H23NO3. The maximum atomic E-state index is 11.3. The normalized spacial score (nSPS) is 13.7. The molecule has 0 saturated heterocycles. The second-order valence-electron chi connectivity index (χ2n) is 4.52. The highest BCUT2D eigenvalue weighted by Gasteiger charge is 2.14. The number of hydrogen-bond donors (Lipinski definition) is 1. The summed E-state index contributed by atoms with van der Waals surface area (Å²) in [5.74, 6) is -0.339. The summed E-state index contributed by atoms with van der Waals surface area (Å²) < 4.78 is 10.4. The molecule has 0 aliphatic carbocycles. The van der Waals surface area contributed by atoms with E-state index in [-0.39, 0.29) is 18.2 Å². The second-order valence-corrected chi connectivity index (χ2v) is 4.52. The van der Waals surface area contributed by atoms with Gasteiger partial charge in [0.25, 0.3) is 0 Å². The van der Waals surface area contributed by atoms with Crippen LogP contribution in [0.2, 0.25) is 0 Å². The maximum absolute atomic E-state index is 11.3. The van der Waals surface area contributed by atoms with Gasteiger partial charge in [0.1, 0.15) is 12.6 Å². The van der Waals surface area contributed by atoms with E-state index >= 15 is 0 Å². The minimum atomic E-state index is -0.496. The van der Waals surface area contributed by atoms with E-state index in [0.717, 1.165) is 6.42 Å². The Hall–Kier alpha value is -0.610. The van der Waals surface area contributed by atoms with Crippen molar-refractivity contribution in [3.05, 3.63) is 0 Å². The SMILES string of the molecule is CCCC(N)C(=O)OCCOC(C)(C)C. The number of hydrogen-bond acceptors (Lipinski definition) is 4. The third-order valence-electron chi connectivity index (χ3n) is 1.77. The highest BCUT2D eigenvalue weighted by molar-refractivity contribution is 5.75. The minimum Gasteiger partial charge on any atom is -0.462 e. The molecule has 4 heteroatoms. The maximum Gasteiger partial charge on any atom is 0.322 e. The van der Waals surface area contributed by atoms with Crippen molar-refractivity contribution >= 4 is 5.97 Å². The molecule has 0 aliphatic rings. The zero-order chi connectivity index (χ0) is 11.9. The zero-order valence-corrected chi connectivity index (χ0v) is 10.2. The monoisotopic (exact) mass is 217 g/mol. The summed E-state index contributed by atoms with van der Waals surface area (Å²) in [6, 6.07) is -0.496. The Morgan fingerprint density at radius 3 is 2.40 bits per heavy atom. The van der Waals surface area contributed by atoms with E-state index in [1.54, 1.807) is 0 Å². The van der Waals surface area contributed by atoms with Crippen LogP contribution in [0.15, 0.2) is 0 Å². The number of rotatable bonds is 6. The van der Waals surface area contributed by atoms with Gasteiger partial charge in [-0.1, -0.05) is 13.3 Å². The van der Waals surface area contributed by atoms with Crippen LogP contribution in [0.5, 0.6) is 0 Å². The predicted molar refractivity (Wildman–Crippen MR) is 59.5 cm³/mol. The molecule has 0 amide bonds. The highest BCUT2D eigenvalue weighted by atomic mass is 16.6. The molecule has 0 spiro atoms. The number of carbonyl (C=O) groups is 1. The lowest BCUT2D eigenvalue weighted by Crippen LogP contribution is -2.33. The fraction of sp³-hybridized carbons (Fsp3) is 0.909. The zero-order valence-electron chi connectivity index (χ0n) is 10.2. The molecule has 0 aromatic carbocycles. The first-order valence-corrected chi connectivity index (χ1v) is 5.43. The quantitative estimate of drug-likeness (QED) is 0.540. The smallest absolute Gasteiger partial charge is 0.322 e. The first kappa shape index (κ1) is 14.4. The van der Waals surface area contributed by atoms with Crippen LogP contribution in [-0.4, -0.2) is 30.8 Å². The molecule has 0 heterocycles. The Balaban J connectivity index is 3.55. The molecule has 4 nitrogen and oxygen atoms in total. The van der Waals surface area contributed by atoms with Gasteiger partial charge in [-0.3, -0.25) is 4.79 Å². The van der Waals surface area contributed by atoms with Crippen molar-refractivity contribution < 1.29 is 14.3 Å². The lowest BCUT2D eigenvalue weighted by atomic mass is 10.2. The van der Waals surface area contributed by atoms with Gasteiger partial charge in [0, 0.05) is 0 Å². The van der Waals surface area contributed by atoms with Crippen molar-refractivity contribution in [1.29, 1.82) is 0 Å². The molecule has 0 aromatic heterocycles. The molecule has 0 rings (SSSR count). The van der Waals surface area contributed by atoms with Crippen LogP contribution in [0.4, 0.5) is 0 Å². The molecule has 90 valence electrons. The molecule has 1 unspecified atom stereocenters. The van der Waals surface area contributed by atoms with Crippen LogP contribution in [0.3, 0.4) is 0 Å². The predicted octanol–water partition coefficient (Wildman–Crippen LogP) is 1.47. The Kier molecular flexibility index (Phi) is 6.52. The largest absolute Gasteiger partial charge is 0.462 e. The van der Waals surface area contributed by atoms with Gasteiger partial charge in [-0.15, -0.1) is 0 Å². The molecule has 0 aliphatic heterocycles. The molecule has 0 bridgehead atoms. The number of esters is 1. The average Bonchev–Trinajstić information content (AvgIpc) is 2.11. The number of nitrogens with two attached hydrogens (primary N) is 1. The Labute approximate surface area is 92.1 Å². The van der Waals surface area contributed by atoms with E-state index in [0.29, 0.717) is 13.0 Å². The van der Waals surface area contributed by atoms with E-state index in [1.807, 2.05) is 27.7 Å². The van der Waals surface area contributed by atoms with Gasteiger partial charge in [0.15, 0.2) is 0 Å². The number of carbonyl (C=O) groups excluding carboxylic acids is 1. The van der Waals surface area contributed by atoms with Crippen LogP contribution >= 0.6 is 0 Å². The van der Waals surface area contributed by atoms with Crippen LogP contribution in [0.25, 0.3) is 0 Å². The van der Waals surface area contributed by atoms with Crippen molar-refractivity contribution in [3.8, 4) is 0 Å². The summed E-state index contributed by atoms with van der Waals surface area (Å²) >= 11 is 0. The molecule has 15 heavy (non-hydrogen) atoms.